The maximum Gasteiger partial charge on any atom is 0.458 e. The molecule has 1 aromatic carbocycles. The maximum atomic E-state index is 13.7. The molecule has 1 aromatic heterocycles. The van der Waals surface area contributed by atoms with Crippen molar-refractivity contribution in [3.8, 4) is 11.8 Å². The van der Waals surface area contributed by atoms with Crippen molar-refractivity contribution in [2.24, 2.45) is 11.3 Å². The maximum absolute atomic E-state index is 13.7. The molecule has 14 heteroatoms. The number of para-hydroxylation sites is 1. The molecule has 0 spiro atoms. The van der Waals surface area contributed by atoms with Crippen molar-refractivity contribution in [2.45, 2.75) is 64.9 Å². The molecule has 5 atom stereocenters. The van der Waals surface area contributed by atoms with E-state index in [0.29, 0.717) is 0 Å². The topological polar surface area (TPSA) is 182 Å². The number of esters is 1. The highest BCUT2D eigenvalue weighted by molar-refractivity contribution is 7.52. The lowest BCUT2D eigenvalue weighted by molar-refractivity contribution is -0.148. The molecule has 1 aliphatic rings. The molecule has 0 radical (unpaired) electrons. The Morgan fingerprint density at radius 3 is 2.54 bits per heavy atom. The third-order valence-corrected chi connectivity index (χ3v) is 8.32. The summed E-state index contributed by atoms with van der Waals surface area (Å²) >= 11 is 0. The zero-order valence-electron chi connectivity index (χ0n) is 23.4. The Kier molecular flexibility index (Phi) is 11.5. The number of carbonyl (C=O) groups excluding carboxylic acids is 1. The Labute approximate surface area is 238 Å². The zero-order chi connectivity index (χ0) is 30.0. The second-order valence-corrected chi connectivity index (χ2v) is 11.7. The van der Waals surface area contributed by atoms with Crippen molar-refractivity contribution in [1.29, 1.82) is 5.26 Å². The van der Waals surface area contributed by atoms with Crippen LogP contribution in [0.1, 0.15) is 52.7 Å². The molecule has 1 aliphatic heterocycles. The normalized spacial score (nSPS) is 23.6. The van der Waals surface area contributed by atoms with Crippen LogP contribution in [0.3, 0.4) is 0 Å². The number of hydrogen-bond donors (Lipinski definition) is 3. The molecule has 1 saturated heterocycles. The average Bonchev–Trinajstić information content (AvgIpc) is 3.20. The van der Waals surface area contributed by atoms with E-state index < -0.39 is 49.5 Å². The SMILES string of the molecule is CCCC(CCC)C(=O)OCCNP(=O)(OC[C@H]1O[C@@H](n2ccc(=O)[nH]c2=O)[C@](C)(C#N)[C@@H]1O)Oc1ccccc1. The number of aliphatic hydroxyl groups is 1. The summed E-state index contributed by atoms with van der Waals surface area (Å²) in [7, 11) is -4.12. The van der Waals surface area contributed by atoms with Crippen LogP contribution in [0.4, 0.5) is 0 Å². The first-order valence-electron chi connectivity index (χ1n) is 13.5. The highest BCUT2D eigenvalue weighted by atomic mass is 31.2. The van der Waals surface area contributed by atoms with E-state index in [-0.39, 0.29) is 30.8 Å². The standard InChI is InChI=1S/C27H37N4O9P/c1-4-9-19(10-5-2)24(34)37-16-14-29-41(36,40-20-11-7-6-8-12-20)38-17-21-23(33)27(3,18-28)25(39-21)31-15-13-22(32)30-26(31)35/h6-8,11-13,15,19,21,23,25,33H,4-5,9-10,14,16-17H2,1-3H3,(H,29,36)(H,30,32,35)/t21-,23-,25-,27-,41?/m1/s1. The van der Waals surface area contributed by atoms with Gasteiger partial charge in [-0.3, -0.25) is 23.7 Å². The molecule has 2 heterocycles. The predicted octanol–water partition coefficient (Wildman–Crippen LogP) is 2.88. The van der Waals surface area contributed by atoms with Gasteiger partial charge < -0.3 is 19.1 Å². The summed E-state index contributed by atoms with van der Waals surface area (Å²) in [5.74, 6) is -0.289. The van der Waals surface area contributed by atoms with E-state index >= 15 is 0 Å². The van der Waals surface area contributed by atoms with Gasteiger partial charge in [0.2, 0.25) is 0 Å². The summed E-state index contributed by atoms with van der Waals surface area (Å²) < 4.78 is 37.2. The van der Waals surface area contributed by atoms with E-state index in [4.69, 9.17) is 18.5 Å². The molecule has 0 saturated carbocycles. The smallest absolute Gasteiger partial charge is 0.458 e. The Bertz CT molecular complexity index is 1350. The van der Waals surface area contributed by atoms with Crippen LogP contribution >= 0.6 is 7.75 Å². The van der Waals surface area contributed by atoms with Gasteiger partial charge in [0.25, 0.3) is 5.56 Å². The molecule has 0 bridgehead atoms. The molecule has 0 aliphatic carbocycles. The molecule has 2 aromatic rings. The minimum absolute atomic E-state index is 0.0554. The van der Waals surface area contributed by atoms with Crippen LogP contribution in [0, 0.1) is 22.7 Å². The Balaban J connectivity index is 1.71. The molecule has 13 nitrogen and oxygen atoms in total. The summed E-state index contributed by atoms with van der Waals surface area (Å²) in [5, 5.41) is 23.5. The van der Waals surface area contributed by atoms with Gasteiger partial charge in [0.05, 0.1) is 18.6 Å². The van der Waals surface area contributed by atoms with Gasteiger partial charge in [-0.05, 0) is 31.9 Å². The van der Waals surface area contributed by atoms with Gasteiger partial charge in [0.15, 0.2) is 6.23 Å². The van der Waals surface area contributed by atoms with Crippen molar-refractivity contribution < 1.29 is 33.0 Å². The number of hydrogen-bond acceptors (Lipinski definition) is 10. The number of rotatable bonds is 15. The van der Waals surface area contributed by atoms with Crippen molar-refractivity contribution in [3.63, 3.8) is 0 Å². The Morgan fingerprint density at radius 1 is 1.24 bits per heavy atom. The minimum atomic E-state index is -4.12. The van der Waals surface area contributed by atoms with Gasteiger partial charge >= 0.3 is 19.4 Å². The lowest BCUT2D eigenvalue weighted by atomic mass is 9.84. The summed E-state index contributed by atoms with van der Waals surface area (Å²) in [6.45, 7) is 4.77. The highest BCUT2D eigenvalue weighted by Crippen LogP contribution is 2.48. The van der Waals surface area contributed by atoms with Gasteiger partial charge in [-0.15, -0.1) is 0 Å². The second-order valence-electron chi connectivity index (χ2n) is 9.93. The fraction of sp³-hybridized carbons (Fsp3) is 0.556. The molecule has 0 amide bonds. The molecule has 3 N–H and O–H groups in total. The third-order valence-electron chi connectivity index (χ3n) is 6.76. The number of aromatic amines is 1. The van der Waals surface area contributed by atoms with E-state index in [1.165, 1.54) is 6.92 Å². The number of aromatic nitrogens is 2. The van der Waals surface area contributed by atoms with Crippen LogP contribution in [0.5, 0.6) is 5.75 Å². The summed E-state index contributed by atoms with van der Waals surface area (Å²) in [4.78, 5) is 38.4. The fourth-order valence-electron chi connectivity index (χ4n) is 4.56. The van der Waals surface area contributed by atoms with Gasteiger partial charge in [0.1, 0.15) is 30.0 Å². The van der Waals surface area contributed by atoms with E-state index in [9.17, 15) is 29.3 Å². The Morgan fingerprint density at radius 2 is 1.93 bits per heavy atom. The lowest BCUT2D eigenvalue weighted by Crippen LogP contribution is -2.40. The zero-order valence-corrected chi connectivity index (χ0v) is 24.2. The summed E-state index contributed by atoms with van der Waals surface area (Å²) in [5.41, 5.74) is -3.08. The summed E-state index contributed by atoms with van der Waals surface area (Å²) in [6.07, 6.45) is 0.368. The van der Waals surface area contributed by atoms with Crippen molar-refractivity contribution in [3.05, 3.63) is 63.4 Å². The first-order valence-corrected chi connectivity index (χ1v) is 15.1. The molecule has 224 valence electrons. The van der Waals surface area contributed by atoms with E-state index in [0.717, 1.165) is 42.5 Å². The van der Waals surface area contributed by atoms with Gasteiger partial charge in [0, 0.05) is 18.8 Å². The third kappa shape index (κ3) is 8.15. The molecule has 41 heavy (non-hydrogen) atoms. The monoisotopic (exact) mass is 592 g/mol. The quantitative estimate of drug-likeness (QED) is 0.157. The number of carbonyl (C=O) groups is 1. The van der Waals surface area contributed by atoms with Crippen LogP contribution in [-0.2, 0) is 23.4 Å². The van der Waals surface area contributed by atoms with Gasteiger partial charge in [-0.25, -0.2) is 14.4 Å². The molecule has 3 rings (SSSR count). The van der Waals surface area contributed by atoms with Crippen LogP contribution < -0.4 is 20.9 Å². The molecule has 1 unspecified atom stereocenters. The first-order chi connectivity index (χ1) is 19.6. The molecular weight excluding hydrogens is 555 g/mol. The van der Waals surface area contributed by atoms with Crippen LogP contribution in [-0.4, -0.2) is 52.6 Å². The van der Waals surface area contributed by atoms with Crippen LogP contribution in [0.2, 0.25) is 0 Å². The number of benzene rings is 1. The lowest BCUT2D eigenvalue weighted by Gasteiger charge is -2.26. The molecular formula is C27H37N4O9P. The molecule has 1 fully saturated rings. The fourth-order valence-corrected chi connectivity index (χ4v) is 5.87. The van der Waals surface area contributed by atoms with Gasteiger partial charge in [-0.1, -0.05) is 44.9 Å². The second kappa shape index (κ2) is 14.6. The highest BCUT2D eigenvalue weighted by Gasteiger charge is 2.55. The number of ether oxygens (including phenoxy) is 2. The number of nitrogens with one attached hydrogen (secondary N) is 2. The average molecular weight is 593 g/mol. The predicted molar refractivity (Wildman–Crippen MR) is 148 cm³/mol. The van der Waals surface area contributed by atoms with Gasteiger partial charge in [-0.2, -0.15) is 5.26 Å². The number of aliphatic hydroxyl groups excluding tert-OH is 1. The van der Waals surface area contributed by atoms with E-state index in [1.54, 1.807) is 30.3 Å². The van der Waals surface area contributed by atoms with Crippen LogP contribution in [0.25, 0.3) is 0 Å². The van der Waals surface area contributed by atoms with E-state index in [1.807, 2.05) is 19.9 Å². The summed E-state index contributed by atoms with van der Waals surface area (Å²) in [6, 6.07) is 11.3. The van der Waals surface area contributed by atoms with Crippen molar-refractivity contribution in [1.82, 2.24) is 14.6 Å². The first kappa shape index (κ1) is 32.2. The van der Waals surface area contributed by atoms with E-state index in [2.05, 4.69) is 10.1 Å². The van der Waals surface area contributed by atoms with Crippen molar-refractivity contribution in [2.75, 3.05) is 19.8 Å². The number of nitrogens with zero attached hydrogens (tertiary/aromatic N) is 2. The van der Waals surface area contributed by atoms with Crippen LogP contribution in [0.15, 0.2) is 52.2 Å². The van der Waals surface area contributed by atoms with Crippen molar-refractivity contribution >= 4 is 13.7 Å². The number of H-pyrrole nitrogens is 1. The Hall–Kier alpha value is -3.27. The minimum Gasteiger partial charge on any atom is -0.464 e. The largest absolute Gasteiger partial charge is 0.464 e. The number of nitriles is 1.